The van der Waals surface area contributed by atoms with E-state index in [4.69, 9.17) is 17.0 Å². The van der Waals surface area contributed by atoms with Gasteiger partial charge in [0.05, 0.1) is 12.3 Å². The molecular formula is C30H29N7O3. The number of nitrogens with zero attached hydrogens (tertiary/aromatic N) is 5. The highest BCUT2D eigenvalue weighted by atomic mass is 16.5. The van der Waals surface area contributed by atoms with Crippen LogP contribution in [0, 0.1) is 12.5 Å². The number of nitrogens with one attached hydrogen (secondary N) is 1. The molecule has 3 N–H and O–H groups in total. The van der Waals surface area contributed by atoms with Crippen LogP contribution in [0.25, 0.3) is 21.7 Å². The van der Waals surface area contributed by atoms with E-state index < -0.39 is 0 Å². The van der Waals surface area contributed by atoms with Crippen molar-refractivity contribution in [3.63, 3.8) is 0 Å². The summed E-state index contributed by atoms with van der Waals surface area (Å²) in [6.45, 7) is 7.35. The number of hydrogen-bond donors (Lipinski definition) is 2. The monoisotopic (exact) mass is 535 g/mol. The predicted octanol–water partition coefficient (Wildman–Crippen LogP) is 4.77. The highest BCUT2D eigenvalue weighted by Gasteiger charge is 2.30. The number of benzene rings is 2. The summed E-state index contributed by atoms with van der Waals surface area (Å²) >= 11 is 0. The van der Waals surface area contributed by atoms with E-state index >= 15 is 0 Å². The molecule has 10 nitrogen and oxygen atoms in total. The Labute approximate surface area is 230 Å². The zero-order chi connectivity index (χ0) is 27.6. The van der Waals surface area contributed by atoms with Crippen LogP contribution in [0.15, 0.2) is 77.5 Å². The molecule has 2 saturated carbocycles. The van der Waals surface area contributed by atoms with Crippen molar-refractivity contribution in [2.24, 2.45) is 5.92 Å². The third-order valence-electron chi connectivity index (χ3n) is 7.52. The molecule has 0 atom stereocenters. The first-order chi connectivity index (χ1) is 19.5. The molecule has 0 unspecified atom stereocenters. The number of anilines is 1. The van der Waals surface area contributed by atoms with Gasteiger partial charge in [-0.15, -0.1) is 0 Å². The van der Waals surface area contributed by atoms with Gasteiger partial charge in [-0.2, -0.15) is 0 Å². The molecule has 2 aromatic heterocycles. The highest BCUT2D eigenvalue weighted by Crippen LogP contribution is 2.33. The second-order valence-corrected chi connectivity index (χ2v) is 10.3. The molecule has 2 fully saturated rings. The first-order valence-corrected chi connectivity index (χ1v) is 13.5. The van der Waals surface area contributed by atoms with Gasteiger partial charge in [-0.3, -0.25) is 13.9 Å². The summed E-state index contributed by atoms with van der Waals surface area (Å²) < 4.78 is 9.16. The minimum Gasteiger partial charge on any atom is -0.457 e. The SMILES string of the molecule is [C-]#[N+]/C(=C\C1CC1)C(=O)NC1CCC(n2c(=O)n(-c3ccc(Oc4ccccc4)cc3)c3c(N)ncnc32)CC1. The van der Waals surface area contributed by atoms with Crippen LogP contribution >= 0.6 is 0 Å². The van der Waals surface area contributed by atoms with Crippen LogP contribution in [0.5, 0.6) is 11.5 Å². The summed E-state index contributed by atoms with van der Waals surface area (Å²) in [6.07, 6.45) is 7.98. The summed E-state index contributed by atoms with van der Waals surface area (Å²) in [6, 6.07) is 16.6. The Morgan fingerprint density at radius 1 is 1.00 bits per heavy atom. The van der Waals surface area contributed by atoms with Crippen LogP contribution in [0.1, 0.15) is 44.6 Å². The zero-order valence-electron chi connectivity index (χ0n) is 21.9. The lowest BCUT2D eigenvalue weighted by molar-refractivity contribution is -0.118. The van der Waals surface area contributed by atoms with Crippen molar-refractivity contribution in [2.45, 2.75) is 50.6 Å². The Morgan fingerprint density at radius 3 is 2.38 bits per heavy atom. The maximum absolute atomic E-state index is 13.9. The molecule has 10 heteroatoms. The lowest BCUT2D eigenvalue weighted by atomic mass is 9.91. The van der Waals surface area contributed by atoms with Crippen LogP contribution in [0.2, 0.25) is 0 Å². The maximum Gasteiger partial charge on any atom is 0.335 e. The minimum absolute atomic E-state index is 0.0472. The number of amides is 1. The smallest absolute Gasteiger partial charge is 0.335 e. The van der Waals surface area contributed by atoms with Crippen LogP contribution in [0.3, 0.4) is 0 Å². The number of nitrogens with two attached hydrogens (primary N) is 1. The number of nitrogen functional groups attached to an aromatic ring is 1. The number of allylic oxidation sites excluding steroid dienone is 1. The van der Waals surface area contributed by atoms with Gasteiger partial charge in [0, 0.05) is 12.1 Å². The molecule has 0 saturated heterocycles. The fourth-order valence-corrected chi connectivity index (χ4v) is 5.31. The molecule has 0 aliphatic heterocycles. The first-order valence-electron chi connectivity index (χ1n) is 13.5. The number of para-hydroxylation sites is 1. The van der Waals surface area contributed by atoms with Gasteiger partial charge in [0.15, 0.2) is 11.5 Å². The van der Waals surface area contributed by atoms with Crippen molar-refractivity contribution >= 4 is 22.9 Å². The average Bonchev–Trinajstić information content (AvgIpc) is 3.74. The van der Waals surface area contributed by atoms with Gasteiger partial charge in [-0.25, -0.2) is 19.6 Å². The largest absolute Gasteiger partial charge is 0.457 e. The van der Waals surface area contributed by atoms with Gasteiger partial charge in [0.25, 0.3) is 0 Å². The predicted molar refractivity (Wildman–Crippen MR) is 151 cm³/mol. The number of ether oxygens (including phenoxy) is 1. The van der Waals surface area contributed by atoms with E-state index in [9.17, 15) is 9.59 Å². The lowest BCUT2D eigenvalue weighted by Gasteiger charge is -2.29. The molecule has 2 heterocycles. The third kappa shape index (κ3) is 5.06. The van der Waals surface area contributed by atoms with E-state index in [2.05, 4.69) is 20.1 Å². The molecule has 1 amide bonds. The molecule has 0 spiro atoms. The maximum atomic E-state index is 13.9. The Hall–Kier alpha value is -4.91. The number of carbonyl (C=O) groups excluding carboxylic acids is 1. The van der Waals surface area contributed by atoms with Gasteiger partial charge < -0.3 is 15.8 Å². The number of fused-ring (bicyclic) bond motifs is 1. The van der Waals surface area contributed by atoms with Gasteiger partial charge in [-0.1, -0.05) is 24.3 Å². The van der Waals surface area contributed by atoms with Crippen molar-refractivity contribution in [3.05, 3.63) is 94.6 Å². The third-order valence-corrected chi connectivity index (χ3v) is 7.52. The van der Waals surface area contributed by atoms with Crippen LogP contribution in [0.4, 0.5) is 5.82 Å². The van der Waals surface area contributed by atoms with E-state index in [1.54, 1.807) is 27.3 Å². The van der Waals surface area contributed by atoms with Gasteiger partial charge in [0.2, 0.25) is 11.6 Å². The van der Waals surface area contributed by atoms with Crippen molar-refractivity contribution in [1.29, 1.82) is 0 Å². The Morgan fingerprint density at radius 2 is 1.70 bits per heavy atom. The summed E-state index contributed by atoms with van der Waals surface area (Å²) in [7, 11) is 0. The molecule has 2 aromatic carbocycles. The number of carbonyl (C=O) groups is 1. The number of aromatic nitrogens is 4. The minimum atomic E-state index is -0.306. The first kappa shape index (κ1) is 25.4. The summed E-state index contributed by atoms with van der Waals surface area (Å²) in [4.78, 5) is 38.5. The van der Waals surface area contributed by atoms with E-state index in [-0.39, 0.29) is 35.2 Å². The van der Waals surface area contributed by atoms with Crippen LogP contribution in [-0.4, -0.2) is 31.1 Å². The van der Waals surface area contributed by atoms with Gasteiger partial charge in [-0.05, 0) is 80.8 Å². The molecule has 2 aliphatic rings. The fraction of sp³-hybridized carbons (Fsp3) is 0.300. The van der Waals surface area contributed by atoms with E-state index in [0.717, 1.165) is 18.6 Å². The average molecular weight is 536 g/mol. The molecule has 40 heavy (non-hydrogen) atoms. The normalized spacial score (nSPS) is 19.2. The van der Waals surface area contributed by atoms with Crippen molar-refractivity contribution < 1.29 is 9.53 Å². The Bertz CT molecular complexity index is 1670. The Kier molecular flexibility index (Phi) is 6.78. The summed E-state index contributed by atoms with van der Waals surface area (Å²) in [5.74, 6) is 1.64. The van der Waals surface area contributed by atoms with E-state index in [0.29, 0.717) is 54.2 Å². The molecule has 0 bridgehead atoms. The summed E-state index contributed by atoms with van der Waals surface area (Å²) in [5, 5.41) is 3.02. The van der Waals surface area contributed by atoms with Gasteiger partial charge >= 0.3 is 5.69 Å². The Balaban J connectivity index is 1.23. The zero-order valence-corrected chi connectivity index (χ0v) is 21.9. The van der Waals surface area contributed by atoms with E-state index in [1.807, 2.05) is 42.5 Å². The number of hydrogen-bond acceptors (Lipinski definition) is 6. The van der Waals surface area contributed by atoms with Crippen molar-refractivity contribution in [3.8, 4) is 17.2 Å². The quantitative estimate of drug-likeness (QED) is 0.260. The molecule has 0 radical (unpaired) electrons. The summed E-state index contributed by atoms with van der Waals surface area (Å²) in [5.41, 5.74) is 7.78. The fourth-order valence-electron chi connectivity index (χ4n) is 5.31. The van der Waals surface area contributed by atoms with Crippen LogP contribution in [-0.2, 0) is 4.79 Å². The molecular weight excluding hydrogens is 506 g/mol. The molecule has 4 aromatic rings. The molecule has 2 aliphatic carbocycles. The molecule has 6 rings (SSSR count). The second-order valence-electron chi connectivity index (χ2n) is 10.3. The number of imidazole rings is 1. The molecule has 202 valence electrons. The van der Waals surface area contributed by atoms with Gasteiger partial charge in [0.1, 0.15) is 23.3 Å². The topological polar surface area (TPSA) is 121 Å². The number of rotatable bonds is 7. The van der Waals surface area contributed by atoms with Crippen LogP contribution < -0.4 is 21.5 Å². The van der Waals surface area contributed by atoms with Crippen molar-refractivity contribution in [1.82, 2.24) is 24.4 Å². The van der Waals surface area contributed by atoms with Crippen molar-refractivity contribution in [2.75, 3.05) is 5.73 Å². The highest BCUT2D eigenvalue weighted by molar-refractivity contribution is 5.95. The standard InChI is InChI=1S/C30H29N7O3/c1-32-25(17-19-7-8-19)29(38)35-20-9-11-22(12-10-20)37-28-26(27(31)33-18-34-28)36(30(37)39)21-13-15-24(16-14-21)40-23-5-3-2-4-6-23/h2-6,13-20,22H,7-12H2,(H,35,38)(H2,31,33,34)/b25-17-. The lowest BCUT2D eigenvalue weighted by Crippen LogP contribution is -2.39. The van der Waals surface area contributed by atoms with E-state index in [1.165, 1.54) is 6.33 Å². The second kappa shape index (κ2) is 10.7.